The first-order chi connectivity index (χ1) is 14.7. The van der Waals surface area contributed by atoms with E-state index in [2.05, 4.69) is 28.9 Å². The average Bonchev–Trinajstić information content (AvgIpc) is 3.18. The van der Waals surface area contributed by atoms with Gasteiger partial charge in [-0.05, 0) is 37.8 Å². The third-order valence-electron chi connectivity index (χ3n) is 6.69. The lowest BCUT2D eigenvalue weighted by atomic mass is 9.97. The SMILES string of the molecule is CCN1CCN(c2nn3c(=O)c4c5c(sc4nc3c3ccccc23)CCCC5)CC1. The first kappa shape index (κ1) is 18.3. The first-order valence-electron chi connectivity index (χ1n) is 11.0. The molecule has 0 spiro atoms. The third-order valence-corrected chi connectivity index (χ3v) is 7.88. The molecule has 3 aromatic heterocycles. The Kier molecular flexibility index (Phi) is 4.28. The minimum absolute atomic E-state index is 0.00593. The minimum atomic E-state index is -0.00593. The Morgan fingerprint density at radius 3 is 2.60 bits per heavy atom. The molecule has 1 aromatic carbocycles. The van der Waals surface area contributed by atoms with E-state index in [-0.39, 0.29) is 5.56 Å². The van der Waals surface area contributed by atoms with Crippen LogP contribution in [0.4, 0.5) is 5.82 Å². The molecule has 2 aliphatic rings. The highest BCUT2D eigenvalue weighted by atomic mass is 32.1. The van der Waals surface area contributed by atoms with E-state index >= 15 is 0 Å². The molecule has 30 heavy (non-hydrogen) atoms. The predicted octanol–water partition coefficient (Wildman–Crippen LogP) is 3.48. The van der Waals surface area contributed by atoms with Crippen LogP contribution in [0.25, 0.3) is 26.6 Å². The van der Waals surface area contributed by atoms with Gasteiger partial charge in [-0.15, -0.1) is 16.4 Å². The first-order valence-corrected chi connectivity index (χ1v) is 11.8. The van der Waals surface area contributed by atoms with Gasteiger partial charge in [0, 0.05) is 41.8 Å². The molecule has 154 valence electrons. The molecule has 1 aliphatic heterocycles. The van der Waals surface area contributed by atoms with E-state index in [1.165, 1.54) is 16.9 Å². The molecule has 1 aliphatic carbocycles. The quantitative estimate of drug-likeness (QED) is 0.466. The number of aryl methyl sites for hydroxylation is 2. The molecule has 6 nitrogen and oxygen atoms in total. The standard InChI is InChI=1S/C23H25N5OS/c1-2-26-11-13-27(14-12-26)21-16-8-4-3-7-15(16)20-24-22-19(23(29)28(20)25-21)17-9-5-6-10-18(17)30-22/h3-4,7-8H,2,5-6,9-14H2,1H3. The zero-order valence-corrected chi connectivity index (χ0v) is 18.0. The largest absolute Gasteiger partial charge is 0.352 e. The van der Waals surface area contributed by atoms with Gasteiger partial charge in [0.1, 0.15) is 4.83 Å². The van der Waals surface area contributed by atoms with Crippen LogP contribution in [-0.2, 0) is 12.8 Å². The fourth-order valence-electron chi connectivity index (χ4n) is 4.99. The highest BCUT2D eigenvalue weighted by molar-refractivity contribution is 7.18. The lowest BCUT2D eigenvalue weighted by molar-refractivity contribution is 0.270. The van der Waals surface area contributed by atoms with Crippen LogP contribution in [0.15, 0.2) is 29.1 Å². The van der Waals surface area contributed by atoms with Gasteiger partial charge in [0.05, 0.1) is 5.39 Å². The Labute approximate surface area is 178 Å². The molecule has 0 atom stereocenters. The van der Waals surface area contributed by atoms with E-state index in [0.717, 1.165) is 78.8 Å². The number of likely N-dealkylation sites (N-methyl/N-ethyl adjacent to an activating group) is 1. The van der Waals surface area contributed by atoms with E-state index in [4.69, 9.17) is 10.1 Å². The van der Waals surface area contributed by atoms with Crippen molar-refractivity contribution >= 4 is 43.8 Å². The molecular formula is C23H25N5OS. The van der Waals surface area contributed by atoms with Crippen LogP contribution in [-0.4, -0.2) is 52.2 Å². The van der Waals surface area contributed by atoms with E-state index in [1.54, 1.807) is 15.9 Å². The molecule has 0 unspecified atom stereocenters. The molecule has 0 saturated carbocycles. The summed E-state index contributed by atoms with van der Waals surface area (Å²) in [5.41, 5.74) is 1.90. The van der Waals surface area contributed by atoms with Gasteiger partial charge in [-0.2, -0.15) is 4.52 Å². The van der Waals surface area contributed by atoms with Crippen molar-refractivity contribution in [3.8, 4) is 0 Å². The van der Waals surface area contributed by atoms with E-state index in [9.17, 15) is 4.79 Å². The Bertz CT molecular complexity index is 1330. The second-order valence-corrected chi connectivity index (χ2v) is 9.42. The Hall–Kier alpha value is -2.51. The number of aromatic nitrogens is 3. The average molecular weight is 420 g/mol. The van der Waals surface area contributed by atoms with Crippen LogP contribution in [0.2, 0.25) is 0 Å². The maximum absolute atomic E-state index is 13.6. The van der Waals surface area contributed by atoms with Crippen LogP contribution in [0.5, 0.6) is 0 Å². The summed E-state index contributed by atoms with van der Waals surface area (Å²) in [7, 11) is 0. The van der Waals surface area contributed by atoms with Crippen molar-refractivity contribution in [2.75, 3.05) is 37.6 Å². The third kappa shape index (κ3) is 2.68. The summed E-state index contributed by atoms with van der Waals surface area (Å²) in [5.74, 6) is 0.904. The molecule has 0 amide bonds. The summed E-state index contributed by atoms with van der Waals surface area (Å²) in [4.78, 5) is 25.6. The molecule has 1 fully saturated rings. The summed E-state index contributed by atoms with van der Waals surface area (Å²) in [5, 5.41) is 7.80. The zero-order chi connectivity index (χ0) is 20.2. The predicted molar refractivity (Wildman–Crippen MR) is 123 cm³/mol. The Morgan fingerprint density at radius 2 is 1.80 bits per heavy atom. The van der Waals surface area contributed by atoms with Crippen molar-refractivity contribution in [1.29, 1.82) is 0 Å². The van der Waals surface area contributed by atoms with Gasteiger partial charge >= 0.3 is 0 Å². The monoisotopic (exact) mass is 419 g/mol. The van der Waals surface area contributed by atoms with Crippen LogP contribution in [0, 0.1) is 0 Å². The molecule has 4 heterocycles. The Balaban J connectivity index is 1.62. The number of hydrogen-bond donors (Lipinski definition) is 0. The van der Waals surface area contributed by atoms with Gasteiger partial charge in [0.15, 0.2) is 11.5 Å². The van der Waals surface area contributed by atoms with Crippen molar-refractivity contribution in [3.63, 3.8) is 0 Å². The lowest BCUT2D eigenvalue weighted by Crippen LogP contribution is -2.46. The Morgan fingerprint density at radius 1 is 1.03 bits per heavy atom. The maximum Gasteiger partial charge on any atom is 0.283 e. The van der Waals surface area contributed by atoms with Crippen molar-refractivity contribution in [2.24, 2.45) is 0 Å². The number of thiophene rings is 1. The molecule has 0 bridgehead atoms. The molecule has 7 heteroatoms. The summed E-state index contributed by atoms with van der Waals surface area (Å²) >= 11 is 1.70. The number of anilines is 1. The van der Waals surface area contributed by atoms with Gasteiger partial charge in [-0.25, -0.2) is 4.98 Å². The highest BCUT2D eigenvalue weighted by Crippen LogP contribution is 2.35. The van der Waals surface area contributed by atoms with Crippen LogP contribution < -0.4 is 10.5 Å². The number of benzene rings is 1. The normalized spacial score (nSPS) is 17.8. The van der Waals surface area contributed by atoms with Crippen LogP contribution in [0.3, 0.4) is 0 Å². The van der Waals surface area contributed by atoms with E-state index in [0.29, 0.717) is 5.65 Å². The second-order valence-electron chi connectivity index (χ2n) is 8.33. The fraction of sp³-hybridized carbons (Fsp3) is 0.435. The van der Waals surface area contributed by atoms with Gasteiger partial charge in [0.2, 0.25) is 0 Å². The highest BCUT2D eigenvalue weighted by Gasteiger charge is 2.24. The van der Waals surface area contributed by atoms with Gasteiger partial charge in [-0.1, -0.05) is 31.2 Å². The summed E-state index contributed by atoms with van der Waals surface area (Å²) in [6.45, 7) is 7.18. The van der Waals surface area contributed by atoms with E-state index in [1.807, 2.05) is 12.1 Å². The van der Waals surface area contributed by atoms with Crippen molar-refractivity contribution in [2.45, 2.75) is 32.6 Å². The molecule has 1 saturated heterocycles. The van der Waals surface area contributed by atoms with Gasteiger partial charge in [0.25, 0.3) is 5.56 Å². The summed E-state index contributed by atoms with van der Waals surface area (Å²) in [6, 6.07) is 8.26. The topological polar surface area (TPSA) is 53.7 Å². The number of fused-ring (bicyclic) bond motifs is 6. The maximum atomic E-state index is 13.6. The van der Waals surface area contributed by atoms with Gasteiger partial charge < -0.3 is 9.80 Å². The van der Waals surface area contributed by atoms with Crippen molar-refractivity contribution in [1.82, 2.24) is 19.5 Å². The molecular weight excluding hydrogens is 394 g/mol. The summed E-state index contributed by atoms with van der Waals surface area (Å²) in [6.07, 6.45) is 4.41. The second kappa shape index (κ2) is 7.03. The van der Waals surface area contributed by atoms with E-state index < -0.39 is 0 Å². The fourth-order valence-corrected chi connectivity index (χ4v) is 6.25. The van der Waals surface area contributed by atoms with Crippen LogP contribution in [0.1, 0.15) is 30.2 Å². The van der Waals surface area contributed by atoms with Crippen LogP contribution >= 0.6 is 11.3 Å². The molecule has 4 aromatic rings. The number of rotatable bonds is 2. The molecule has 0 N–H and O–H groups in total. The number of hydrogen-bond acceptors (Lipinski definition) is 6. The molecule has 0 radical (unpaired) electrons. The zero-order valence-electron chi connectivity index (χ0n) is 17.2. The van der Waals surface area contributed by atoms with Crippen molar-refractivity contribution in [3.05, 3.63) is 45.1 Å². The number of nitrogens with zero attached hydrogens (tertiary/aromatic N) is 5. The van der Waals surface area contributed by atoms with Crippen molar-refractivity contribution < 1.29 is 0 Å². The van der Waals surface area contributed by atoms with Gasteiger partial charge in [-0.3, -0.25) is 4.79 Å². The minimum Gasteiger partial charge on any atom is -0.352 e. The summed E-state index contributed by atoms with van der Waals surface area (Å²) < 4.78 is 1.58. The lowest BCUT2D eigenvalue weighted by Gasteiger charge is -2.35. The smallest absolute Gasteiger partial charge is 0.283 e. The number of piperazine rings is 1. The molecule has 6 rings (SSSR count).